The van der Waals surface area contributed by atoms with Crippen molar-refractivity contribution in [3.8, 4) is 0 Å². The zero-order valence-electron chi connectivity index (χ0n) is 10.00. The highest BCUT2D eigenvalue weighted by molar-refractivity contribution is 5.94. The molecule has 4 nitrogen and oxygen atoms in total. The second kappa shape index (κ2) is 5.72. The van der Waals surface area contributed by atoms with Gasteiger partial charge in [-0.05, 0) is 31.2 Å². The third kappa shape index (κ3) is 3.25. The van der Waals surface area contributed by atoms with Crippen LogP contribution >= 0.6 is 0 Å². The molecule has 18 heavy (non-hydrogen) atoms. The van der Waals surface area contributed by atoms with Crippen LogP contribution in [0, 0.1) is 6.92 Å². The van der Waals surface area contributed by atoms with E-state index in [1.54, 1.807) is 18.3 Å². The Morgan fingerprint density at radius 1 is 1.22 bits per heavy atom. The fourth-order valence-electron chi connectivity index (χ4n) is 1.38. The SMILES string of the molecule is Cc1ccc(C(=O)NN=Cc2ccccn2)cc1. The fourth-order valence-corrected chi connectivity index (χ4v) is 1.38. The standard InChI is InChI=1S/C14H13N3O/c1-11-5-7-12(8-6-11)14(18)17-16-10-13-4-2-3-9-15-13/h2-10H,1H3,(H,17,18). The molecule has 0 aliphatic rings. The molecule has 0 fully saturated rings. The van der Waals surface area contributed by atoms with Gasteiger partial charge in [0.2, 0.25) is 0 Å². The number of rotatable bonds is 3. The quantitative estimate of drug-likeness (QED) is 0.659. The molecule has 0 saturated heterocycles. The van der Waals surface area contributed by atoms with Gasteiger partial charge in [-0.25, -0.2) is 5.43 Å². The summed E-state index contributed by atoms with van der Waals surface area (Å²) < 4.78 is 0. The number of aromatic nitrogens is 1. The molecule has 0 atom stereocenters. The summed E-state index contributed by atoms with van der Waals surface area (Å²) in [5, 5.41) is 3.85. The molecule has 90 valence electrons. The molecule has 0 radical (unpaired) electrons. The number of nitrogens with zero attached hydrogens (tertiary/aromatic N) is 2. The summed E-state index contributed by atoms with van der Waals surface area (Å²) in [6, 6.07) is 12.8. The van der Waals surface area contributed by atoms with Crippen molar-refractivity contribution in [1.29, 1.82) is 0 Å². The number of benzene rings is 1. The Hall–Kier alpha value is -2.49. The van der Waals surface area contributed by atoms with Crippen LogP contribution in [0.2, 0.25) is 0 Å². The number of hydrogen-bond donors (Lipinski definition) is 1. The van der Waals surface area contributed by atoms with E-state index in [2.05, 4.69) is 15.5 Å². The summed E-state index contributed by atoms with van der Waals surface area (Å²) in [4.78, 5) is 15.8. The first-order valence-corrected chi connectivity index (χ1v) is 5.57. The molecular formula is C14H13N3O. The summed E-state index contributed by atoms with van der Waals surface area (Å²) in [6.07, 6.45) is 3.18. The molecule has 2 aromatic rings. The van der Waals surface area contributed by atoms with Gasteiger partial charge in [-0.2, -0.15) is 5.10 Å². The van der Waals surface area contributed by atoms with Gasteiger partial charge in [0.15, 0.2) is 0 Å². The number of nitrogens with one attached hydrogen (secondary N) is 1. The van der Waals surface area contributed by atoms with E-state index in [0.29, 0.717) is 11.3 Å². The van der Waals surface area contributed by atoms with E-state index in [-0.39, 0.29) is 5.91 Å². The molecule has 0 spiro atoms. The predicted molar refractivity (Wildman–Crippen MR) is 70.5 cm³/mol. The molecule has 1 N–H and O–H groups in total. The Kier molecular flexibility index (Phi) is 3.81. The molecule has 0 aliphatic heterocycles. The molecule has 0 unspecified atom stereocenters. The van der Waals surface area contributed by atoms with Crippen LogP contribution in [0.3, 0.4) is 0 Å². The van der Waals surface area contributed by atoms with Crippen LogP contribution in [0.5, 0.6) is 0 Å². The Morgan fingerprint density at radius 3 is 2.67 bits per heavy atom. The van der Waals surface area contributed by atoms with Crippen molar-refractivity contribution in [1.82, 2.24) is 10.4 Å². The van der Waals surface area contributed by atoms with Gasteiger partial charge >= 0.3 is 0 Å². The van der Waals surface area contributed by atoms with Gasteiger partial charge in [0.25, 0.3) is 5.91 Å². The van der Waals surface area contributed by atoms with Crippen LogP contribution in [0.1, 0.15) is 21.6 Å². The number of pyridine rings is 1. The minimum atomic E-state index is -0.234. The zero-order chi connectivity index (χ0) is 12.8. The van der Waals surface area contributed by atoms with Crippen molar-refractivity contribution in [2.45, 2.75) is 6.92 Å². The lowest BCUT2D eigenvalue weighted by atomic mass is 10.1. The summed E-state index contributed by atoms with van der Waals surface area (Å²) in [5.41, 5.74) is 4.85. The van der Waals surface area contributed by atoms with Gasteiger partial charge in [-0.1, -0.05) is 23.8 Å². The Balaban J connectivity index is 1.96. The summed E-state index contributed by atoms with van der Waals surface area (Å²) in [7, 11) is 0. The molecule has 1 aromatic heterocycles. The minimum absolute atomic E-state index is 0.234. The first-order valence-electron chi connectivity index (χ1n) is 5.57. The highest BCUT2D eigenvalue weighted by atomic mass is 16.2. The Labute approximate surface area is 105 Å². The van der Waals surface area contributed by atoms with Crippen molar-refractivity contribution in [3.63, 3.8) is 0 Å². The molecule has 0 saturated carbocycles. The Morgan fingerprint density at radius 2 is 2.00 bits per heavy atom. The van der Waals surface area contributed by atoms with E-state index in [9.17, 15) is 4.79 Å². The molecule has 0 aliphatic carbocycles. The lowest BCUT2D eigenvalue weighted by Crippen LogP contribution is -2.17. The molecule has 2 rings (SSSR count). The van der Waals surface area contributed by atoms with E-state index in [1.807, 2.05) is 37.3 Å². The van der Waals surface area contributed by atoms with Gasteiger partial charge in [-0.15, -0.1) is 0 Å². The van der Waals surface area contributed by atoms with Crippen molar-refractivity contribution in [3.05, 3.63) is 65.5 Å². The molecule has 1 heterocycles. The largest absolute Gasteiger partial charge is 0.271 e. The number of amides is 1. The van der Waals surface area contributed by atoms with Crippen molar-refractivity contribution in [2.75, 3.05) is 0 Å². The average Bonchev–Trinajstić information content (AvgIpc) is 2.40. The average molecular weight is 239 g/mol. The monoisotopic (exact) mass is 239 g/mol. The van der Waals surface area contributed by atoms with Crippen LogP contribution in [0.4, 0.5) is 0 Å². The van der Waals surface area contributed by atoms with Gasteiger partial charge < -0.3 is 0 Å². The van der Waals surface area contributed by atoms with Crippen LogP contribution in [0.25, 0.3) is 0 Å². The molecular weight excluding hydrogens is 226 g/mol. The number of hydrazone groups is 1. The summed E-state index contributed by atoms with van der Waals surface area (Å²) in [5.74, 6) is -0.234. The van der Waals surface area contributed by atoms with E-state index in [0.717, 1.165) is 5.56 Å². The maximum absolute atomic E-state index is 11.7. The normalized spacial score (nSPS) is 10.5. The van der Waals surface area contributed by atoms with E-state index in [4.69, 9.17) is 0 Å². The predicted octanol–water partition coefficient (Wildman–Crippen LogP) is 2.15. The highest BCUT2D eigenvalue weighted by Crippen LogP contribution is 2.02. The van der Waals surface area contributed by atoms with Gasteiger partial charge in [0.05, 0.1) is 11.9 Å². The van der Waals surface area contributed by atoms with Crippen LogP contribution in [-0.4, -0.2) is 17.1 Å². The van der Waals surface area contributed by atoms with E-state index < -0.39 is 0 Å². The second-order valence-corrected chi connectivity index (χ2v) is 3.82. The van der Waals surface area contributed by atoms with Crippen LogP contribution in [-0.2, 0) is 0 Å². The summed E-state index contributed by atoms with van der Waals surface area (Å²) >= 11 is 0. The van der Waals surface area contributed by atoms with E-state index >= 15 is 0 Å². The highest BCUT2D eigenvalue weighted by Gasteiger charge is 2.02. The van der Waals surface area contributed by atoms with E-state index in [1.165, 1.54) is 6.21 Å². The van der Waals surface area contributed by atoms with Crippen LogP contribution in [0.15, 0.2) is 53.8 Å². The smallest absolute Gasteiger partial charge is 0.267 e. The van der Waals surface area contributed by atoms with Crippen molar-refractivity contribution in [2.24, 2.45) is 5.10 Å². The summed E-state index contributed by atoms with van der Waals surface area (Å²) in [6.45, 7) is 1.97. The first kappa shape index (κ1) is 12.0. The van der Waals surface area contributed by atoms with Crippen molar-refractivity contribution < 1.29 is 4.79 Å². The third-order valence-corrected chi connectivity index (χ3v) is 2.36. The number of carbonyl (C=O) groups is 1. The minimum Gasteiger partial charge on any atom is -0.267 e. The first-order chi connectivity index (χ1) is 8.75. The van der Waals surface area contributed by atoms with Crippen LogP contribution < -0.4 is 5.43 Å². The second-order valence-electron chi connectivity index (χ2n) is 3.82. The van der Waals surface area contributed by atoms with Crippen molar-refractivity contribution >= 4 is 12.1 Å². The lowest BCUT2D eigenvalue weighted by molar-refractivity contribution is 0.0955. The fraction of sp³-hybridized carbons (Fsp3) is 0.0714. The third-order valence-electron chi connectivity index (χ3n) is 2.36. The van der Waals surface area contributed by atoms with Gasteiger partial charge in [-0.3, -0.25) is 9.78 Å². The maximum Gasteiger partial charge on any atom is 0.271 e. The van der Waals surface area contributed by atoms with Gasteiger partial charge in [0, 0.05) is 11.8 Å². The molecule has 1 amide bonds. The Bertz CT molecular complexity index is 547. The lowest BCUT2D eigenvalue weighted by Gasteiger charge is -1.99. The zero-order valence-corrected chi connectivity index (χ0v) is 10.00. The van der Waals surface area contributed by atoms with Gasteiger partial charge in [0.1, 0.15) is 0 Å². The maximum atomic E-state index is 11.7. The molecule has 4 heteroatoms. The number of aryl methyl sites for hydroxylation is 1. The number of hydrogen-bond acceptors (Lipinski definition) is 3. The number of carbonyl (C=O) groups excluding carboxylic acids is 1. The molecule has 0 bridgehead atoms. The topological polar surface area (TPSA) is 54.4 Å². The molecule has 1 aromatic carbocycles.